The van der Waals surface area contributed by atoms with Crippen molar-refractivity contribution in [2.24, 2.45) is 14.1 Å². The lowest BCUT2D eigenvalue weighted by molar-refractivity contribution is 0.385. The predicted octanol–water partition coefficient (Wildman–Crippen LogP) is 2.04. The average molecular weight is 421 g/mol. The van der Waals surface area contributed by atoms with Crippen molar-refractivity contribution in [1.29, 1.82) is 0 Å². The molecule has 1 aliphatic heterocycles. The van der Waals surface area contributed by atoms with Crippen molar-refractivity contribution in [3.05, 3.63) is 58.0 Å². The summed E-state index contributed by atoms with van der Waals surface area (Å²) in [5.41, 5.74) is 2.12. The molecule has 0 unspecified atom stereocenters. The van der Waals surface area contributed by atoms with Crippen LogP contribution in [0.5, 0.6) is 0 Å². The van der Waals surface area contributed by atoms with E-state index in [4.69, 9.17) is 11.6 Å². The third-order valence-corrected chi connectivity index (χ3v) is 7.42. The van der Waals surface area contributed by atoms with E-state index in [0.717, 1.165) is 5.69 Å². The van der Waals surface area contributed by atoms with Gasteiger partial charge in [0.2, 0.25) is 10.0 Å². The van der Waals surface area contributed by atoms with Gasteiger partial charge in [-0.25, -0.2) is 13.2 Å². The van der Waals surface area contributed by atoms with E-state index >= 15 is 0 Å². The zero-order valence-electron chi connectivity index (χ0n) is 15.7. The normalized spacial score (nSPS) is 16.0. The number of nitrogens with zero attached hydrogens (tertiary/aromatic N) is 4. The molecule has 2 heterocycles. The molecule has 0 atom stereocenters. The van der Waals surface area contributed by atoms with Crippen LogP contribution in [-0.4, -0.2) is 48.0 Å². The first-order valence-corrected chi connectivity index (χ1v) is 10.8. The van der Waals surface area contributed by atoms with E-state index in [1.54, 1.807) is 32.3 Å². The van der Waals surface area contributed by atoms with Gasteiger partial charge < -0.3 is 4.90 Å². The molecule has 1 saturated heterocycles. The van der Waals surface area contributed by atoms with Gasteiger partial charge in [-0.1, -0.05) is 17.7 Å². The third kappa shape index (κ3) is 3.11. The standard InChI is InChI=1S/C19H21ClN4O3S/c1-21-17-7-6-16(13-18(17)22(2)19(21)25)28(26,27)24-10-8-23(9-11-24)15-5-3-4-14(20)12-15/h3-7,12-13H,8-11H2,1-2H3. The molecule has 7 nitrogen and oxygen atoms in total. The first kappa shape index (κ1) is 19.0. The van der Waals surface area contributed by atoms with E-state index in [0.29, 0.717) is 42.2 Å². The Morgan fingerprint density at radius 3 is 2.25 bits per heavy atom. The minimum Gasteiger partial charge on any atom is -0.369 e. The van der Waals surface area contributed by atoms with Crippen molar-refractivity contribution in [1.82, 2.24) is 13.4 Å². The number of benzene rings is 2. The van der Waals surface area contributed by atoms with Crippen LogP contribution in [0, 0.1) is 0 Å². The number of anilines is 1. The molecule has 4 rings (SSSR count). The molecular formula is C19H21ClN4O3S. The summed E-state index contributed by atoms with van der Waals surface area (Å²) in [5.74, 6) is 0. The Balaban J connectivity index is 1.59. The van der Waals surface area contributed by atoms with Crippen LogP contribution in [0.2, 0.25) is 5.02 Å². The molecule has 0 N–H and O–H groups in total. The maximum Gasteiger partial charge on any atom is 0.328 e. The minimum atomic E-state index is -3.63. The maximum absolute atomic E-state index is 13.1. The molecule has 0 aliphatic carbocycles. The number of aryl methyl sites for hydroxylation is 2. The second-order valence-corrected chi connectivity index (χ2v) is 9.30. The zero-order valence-corrected chi connectivity index (χ0v) is 17.2. The van der Waals surface area contributed by atoms with Crippen LogP contribution >= 0.6 is 11.6 Å². The van der Waals surface area contributed by atoms with Gasteiger partial charge in [0.1, 0.15) is 0 Å². The van der Waals surface area contributed by atoms with E-state index in [9.17, 15) is 13.2 Å². The Kier molecular flexibility index (Phi) is 4.73. The number of aromatic nitrogens is 2. The lowest BCUT2D eigenvalue weighted by Crippen LogP contribution is -2.48. The van der Waals surface area contributed by atoms with Gasteiger partial charge in [0.25, 0.3) is 0 Å². The molecule has 1 fully saturated rings. The molecule has 0 amide bonds. The number of hydrogen-bond donors (Lipinski definition) is 0. The number of piperazine rings is 1. The highest BCUT2D eigenvalue weighted by Crippen LogP contribution is 2.25. The van der Waals surface area contributed by atoms with Crippen molar-refractivity contribution in [3.63, 3.8) is 0 Å². The van der Waals surface area contributed by atoms with Gasteiger partial charge >= 0.3 is 5.69 Å². The monoisotopic (exact) mass is 420 g/mol. The van der Waals surface area contributed by atoms with E-state index in [1.807, 2.05) is 24.3 Å². The van der Waals surface area contributed by atoms with Crippen LogP contribution in [0.4, 0.5) is 5.69 Å². The Labute approximate surface area is 168 Å². The summed E-state index contributed by atoms with van der Waals surface area (Å²) in [6.45, 7) is 1.96. The van der Waals surface area contributed by atoms with Crippen LogP contribution in [0.1, 0.15) is 0 Å². The summed E-state index contributed by atoms with van der Waals surface area (Å²) in [6, 6.07) is 12.4. The van der Waals surface area contributed by atoms with Crippen molar-refractivity contribution in [2.75, 3.05) is 31.1 Å². The SMILES string of the molecule is Cn1c(=O)n(C)c2cc(S(=O)(=O)N3CCN(c4cccc(Cl)c4)CC3)ccc21. The second-order valence-electron chi connectivity index (χ2n) is 6.92. The molecule has 2 aromatic carbocycles. The number of rotatable bonds is 3. The summed E-state index contributed by atoms with van der Waals surface area (Å²) in [6.07, 6.45) is 0. The minimum absolute atomic E-state index is 0.181. The molecule has 0 spiro atoms. The first-order chi connectivity index (χ1) is 13.3. The smallest absolute Gasteiger partial charge is 0.328 e. The lowest BCUT2D eigenvalue weighted by atomic mass is 10.2. The first-order valence-electron chi connectivity index (χ1n) is 8.95. The van der Waals surface area contributed by atoms with Gasteiger partial charge in [-0.3, -0.25) is 9.13 Å². The van der Waals surface area contributed by atoms with Gasteiger partial charge in [0.05, 0.1) is 15.9 Å². The maximum atomic E-state index is 13.1. The summed E-state index contributed by atoms with van der Waals surface area (Å²) >= 11 is 6.06. The van der Waals surface area contributed by atoms with E-state index in [2.05, 4.69) is 4.90 Å². The van der Waals surface area contributed by atoms with Gasteiger partial charge in [0.15, 0.2) is 0 Å². The number of fused-ring (bicyclic) bond motifs is 1. The zero-order chi connectivity index (χ0) is 20.1. The number of imidazole rings is 1. The van der Waals surface area contributed by atoms with Crippen LogP contribution in [0.25, 0.3) is 11.0 Å². The van der Waals surface area contributed by atoms with Crippen LogP contribution in [0.3, 0.4) is 0 Å². The van der Waals surface area contributed by atoms with Crippen molar-refractivity contribution in [3.8, 4) is 0 Å². The van der Waals surface area contributed by atoms with Crippen LogP contribution < -0.4 is 10.6 Å². The van der Waals surface area contributed by atoms with Gasteiger partial charge in [-0.2, -0.15) is 4.31 Å². The molecule has 148 valence electrons. The average Bonchev–Trinajstić information content (AvgIpc) is 2.92. The fraction of sp³-hybridized carbons (Fsp3) is 0.316. The molecular weight excluding hydrogens is 400 g/mol. The molecule has 0 saturated carbocycles. The molecule has 0 radical (unpaired) electrons. The fourth-order valence-electron chi connectivity index (χ4n) is 3.66. The summed E-state index contributed by atoms with van der Waals surface area (Å²) < 4.78 is 30.7. The summed E-state index contributed by atoms with van der Waals surface area (Å²) in [4.78, 5) is 14.4. The quantitative estimate of drug-likeness (QED) is 0.650. The highest BCUT2D eigenvalue weighted by Gasteiger charge is 2.29. The number of sulfonamides is 1. The molecule has 1 aromatic heterocycles. The largest absolute Gasteiger partial charge is 0.369 e. The van der Waals surface area contributed by atoms with E-state index in [1.165, 1.54) is 13.4 Å². The highest BCUT2D eigenvalue weighted by molar-refractivity contribution is 7.89. The molecule has 3 aromatic rings. The van der Waals surface area contributed by atoms with E-state index in [-0.39, 0.29) is 10.6 Å². The van der Waals surface area contributed by atoms with Gasteiger partial charge in [-0.05, 0) is 36.4 Å². The highest BCUT2D eigenvalue weighted by atomic mass is 35.5. The number of halogens is 1. The summed E-state index contributed by atoms with van der Waals surface area (Å²) in [7, 11) is -0.313. The fourth-order valence-corrected chi connectivity index (χ4v) is 5.28. The lowest BCUT2D eigenvalue weighted by Gasteiger charge is -2.35. The Morgan fingerprint density at radius 2 is 1.57 bits per heavy atom. The molecule has 28 heavy (non-hydrogen) atoms. The van der Waals surface area contributed by atoms with Crippen LogP contribution in [0.15, 0.2) is 52.2 Å². The molecule has 9 heteroatoms. The van der Waals surface area contributed by atoms with Crippen LogP contribution in [-0.2, 0) is 24.1 Å². The topological polar surface area (TPSA) is 67.5 Å². The van der Waals surface area contributed by atoms with Crippen molar-refractivity contribution < 1.29 is 8.42 Å². The predicted molar refractivity (Wildman–Crippen MR) is 111 cm³/mol. The van der Waals surface area contributed by atoms with E-state index < -0.39 is 10.0 Å². The molecule has 1 aliphatic rings. The number of hydrogen-bond acceptors (Lipinski definition) is 4. The summed E-state index contributed by atoms with van der Waals surface area (Å²) in [5, 5.41) is 0.661. The Hall–Kier alpha value is -2.29. The van der Waals surface area contributed by atoms with Crippen molar-refractivity contribution >= 4 is 38.3 Å². The third-order valence-electron chi connectivity index (χ3n) is 5.29. The molecule has 0 bridgehead atoms. The van der Waals surface area contributed by atoms with Gasteiger partial charge in [-0.15, -0.1) is 0 Å². The second kappa shape index (κ2) is 6.95. The van der Waals surface area contributed by atoms with Gasteiger partial charge in [0, 0.05) is 51.0 Å². The Morgan fingerprint density at radius 1 is 0.893 bits per heavy atom. The Bertz CT molecular complexity index is 1210. The van der Waals surface area contributed by atoms with Crippen molar-refractivity contribution in [2.45, 2.75) is 4.90 Å².